The minimum atomic E-state index is -0.893. The fourth-order valence-corrected chi connectivity index (χ4v) is 5.48. The Bertz CT molecular complexity index is 1460. The van der Waals surface area contributed by atoms with E-state index in [0.29, 0.717) is 19.2 Å². The molecule has 0 bridgehead atoms. The minimum Gasteiger partial charge on any atom is -0.454 e. The van der Waals surface area contributed by atoms with Gasteiger partial charge in [-0.2, -0.15) is 0 Å². The van der Waals surface area contributed by atoms with E-state index in [1.165, 1.54) is 28.7 Å². The molecule has 2 N–H and O–H groups in total. The van der Waals surface area contributed by atoms with Crippen LogP contribution >= 0.6 is 0 Å². The predicted molar refractivity (Wildman–Crippen MR) is 154 cm³/mol. The van der Waals surface area contributed by atoms with Gasteiger partial charge in [0.25, 0.3) is 5.91 Å². The fourth-order valence-electron chi connectivity index (χ4n) is 5.48. The average Bonchev–Trinajstić information content (AvgIpc) is 3.09. The topological polar surface area (TPSA) is 91.0 Å². The van der Waals surface area contributed by atoms with E-state index in [2.05, 4.69) is 22.8 Å². The molecule has 0 unspecified atom stereocenters. The van der Waals surface area contributed by atoms with Crippen molar-refractivity contribution in [3.63, 3.8) is 0 Å². The number of rotatable bonds is 8. The highest BCUT2D eigenvalue weighted by Crippen LogP contribution is 2.32. The second-order valence-electron chi connectivity index (χ2n) is 11.0. The number of likely N-dealkylation sites (tertiary alicyclic amines) is 1. The van der Waals surface area contributed by atoms with Crippen molar-refractivity contribution < 1.29 is 27.9 Å². The van der Waals surface area contributed by atoms with E-state index in [0.717, 1.165) is 31.5 Å². The van der Waals surface area contributed by atoms with Crippen molar-refractivity contribution in [1.29, 1.82) is 0 Å². The third-order valence-electron chi connectivity index (χ3n) is 7.66. The number of ether oxygens (including phenoxy) is 1. The number of piperidine rings is 1. The van der Waals surface area contributed by atoms with E-state index < -0.39 is 29.5 Å². The molecule has 0 aliphatic carbocycles. The molecule has 42 heavy (non-hydrogen) atoms. The second-order valence-corrected chi connectivity index (χ2v) is 11.0. The lowest BCUT2D eigenvalue weighted by atomic mass is 9.97. The molecule has 0 radical (unpaired) electrons. The molecule has 3 amide bonds. The number of anilines is 1. The summed E-state index contributed by atoms with van der Waals surface area (Å²) in [6.45, 7) is 5.25. The van der Waals surface area contributed by atoms with Crippen LogP contribution in [0, 0.1) is 17.6 Å². The van der Waals surface area contributed by atoms with Gasteiger partial charge in [-0.1, -0.05) is 44.2 Å². The Morgan fingerprint density at radius 1 is 1.02 bits per heavy atom. The van der Waals surface area contributed by atoms with Gasteiger partial charge >= 0.3 is 0 Å². The van der Waals surface area contributed by atoms with Crippen molar-refractivity contribution in [3.05, 3.63) is 89.5 Å². The van der Waals surface area contributed by atoms with Crippen LogP contribution in [0.15, 0.2) is 66.7 Å². The van der Waals surface area contributed by atoms with Crippen LogP contribution in [0.2, 0.25) is 0 Å². The van der Waals surface area contributed by atoms with Gasteiger partial charge in [-0.15, -0.1) is 0 Å². The largest absolute Gasteiger partial charge is 0.454 e. The molecular formula is C32H34F2N4O4. The highest BCUT2D eigenvalue weighted by Gasteiger charge is 2.40. The monoisotopic (exact) mass is 576 g/mol. The molecule has 1 saturated heterocycles. The van der Waals surface area contributed by atoms with Crippen LogP contribution in [0.3, 0.4) is 0 Å². The lowest BCUT2D eigenvalue weighted by Gasteiger charge is -2.39. The number of fused-ring (bicyclic) bond motifs is 1. The van der Waals surface area contributed by atoms with Gasteiger partial charge in [-0.25, -0.2) is 8.78 Å². The molecule has 2 aliphatic heterocycles. The van der Waals surface area contributed by atoms with Crippen LogP contribution in [0.4, 0.5) is 14.5 Å². The van der Waals surface area contributed by atoms with Crippen molar-refractivity contribution in [2.45, 2.75) is 45.3 Å². The first-order chi connectivity index (χ1) is 20.2. The van der Waals surface area contributed by atoms with Crippen LogP contribution in [0.25, 0.3) is 0 Å². The number of nitrogens with zero attached hydrogens (tertiary/aromatic N) is 2. The van der Waals surface area contributed by atoms with Crippen molar-refractivity contribution in [1.82, 2.24) is 15.1 Å². The number of nitrogens with one attached hydrogen (secondary N) is 2. The number of hydrogen-bond acceptors (Lipinski definition) is 5. The van der Waals surface area contributed by atoms with E-state index in [1.54, 1.807) is 4.90 Å². The molecular weight excluding hydrogens is 542 g/mol. The summed E-state index contributed by atoms with van der Waals surface area (Å²) in [4.78, 5) is 43.7. The van der Waals surface area contributed by atoms with Crippen molar-refractivity contribution in [2.75, 3.05) is 25.0 Å². The zero-order valence-electron chi connectivity index (χ0n) is 23.6. The van der Waals surface area contributed by atoms with Crippen LogP contribution in [-0.2, 0) is 16.1 Å². The third-order valence-corrected chi connectivity index (χ3v) is 7.66. The molecule has 8 nitrogen and oxygen atoms in total. The molecule has 0 aromatic heterocycles. The van der Waals surface area contributed by atoms with Crippen molar-refractivity contribution in [2.24, 2.45) is 5.92 Å². The highest BCUT2D eigenvalue weighted by atomic mass is 19.1. The van der Waals surface area contributed by atoms with Crippen molar-refractivity contribution >= 4 is 23.4 Å². The molecule has 1 atom stereocenters. The lowest BCUT2D eigenvalue weighted by Crippen LogP contribution is -2.56. The number of amides is 3. The van der Waals surface area contributed by atoms with Gasteiger partial charge in [0.15, 0.2) is 11.6 Å². The molecule has 220 valence electrons. The summed E-state index contributed by atoms with van der Waals surface area (Å²) >= 11 is 0. The van der Waals surface area contributed by atoms with Crippen LogP contribution in [0.5, 0.6) is 11.5 Å². The number of hydrogen-bond donors (Lipinski definition) is 2. The van der Waals surface area contributed by atoms with Gasteiger partial charge in [-0.3, -0.25) is 14.4 Å². The summed E-state index contributed by atoms with van der Waals surface area (Å²) in [5, 5.41) is 6.29. The normalized spacial score (nSPS) is 16.6. The van der Waals surface area contributed by atoms with E-state index in [-0.39, 0.29) is 47.2 Å². The quantitative estimate of drug-likeness (QED) is 0.396. The number of halogens is 2. The van der Waals surface area contributed by atoms with E-state index in [4.69, 9.17) is 4.74 Å². The number of carbonyl (C=O) groups excluding carboxylic acids is 3. The van der Waals surface area contributed by atoms with E-state index >= 15 is 0 Å². The summed E-state index contributed by atoms with van der Waals surface area (Å²) in [6, 6.07) is 16.8. The Balaban J connectivity index is 1.30. The molecule has 3 aromatic rings. The van der Waals surface area contributed by atoms with Gasteiger partial charge < -0.3 is 25.2 Å². The highest BCUT2D eigenvalue weighted by molar-refractivity contribution is 6.10. The first-order valence-corrected chi connectivity index (χ1v) is 14.1. The maximum Gasteiger partial charge on any atom is 0.257 e. The maximum absolute atomic E-state index is 14.2. The Morgan fingerprint density at radius 2 is 1.76 bits per heavy atom. The minimum absolute atomic E-state index is 0.114. The van der Waals surface area contributed by atoms with Crippen LogP contribution < -0.4 is 15.4 Å². The molecule has 5 rings (SSSR count). The van der Waals surface area contributed by atoms with Crippen LogP contribution in [-0.4, -0.2) is 59.2 Å². The summed E-state index contributed by atoms with van der Waals surface area (Å²) in [5.41, 5.74) is 1.58. The number of benzene rings is 3. The summed E-state index contributed by atoms with van der Waals surface area (Å²) in [7, 11) is 0. The Morgan fingerprint density at radius 3 is 2.45 bits per heavy atom. The standard InChI is InChI=1S/C32H34F2N4O4/c1-20(2)30(32(41)37-14-12-23(13-15-37)35-18-21-6-4-3-5-7-21)38-19-29(39)36-27-10-9-24(17-25(27)31(38)40)42-28-11-8-22(33)16-26(28)34/h3-11,16-17,20,23,30,35H,12-15,18-19H2,1-2H3,(H,36,39)/t30-/m1/s1. The lowest BCUT2D eigenvalue weighted by molar-refractivity contribution is -0.139. The fraction of sp³-hybridized carbons (Fsp3) is 0.344. The number of carbonyl (C=O) groups is 3. The summed E-state index contributed by atoms with van der Waals surface area (Å²) in [6.07, 6.45) is 1.56. The van der Waals surface area contributed by atoms with Gasteiger partial charge in [0.05, 0.1) is 11.3 Å². The van der Waals surface area contributed by atoms with E-state index in [9.17, 15) is 23.2 Å². The van der Waals surface area contributed by atoms with Gasteiger partial charge in [0, 0.05) is 31.7 Å². The molecule has 1 fully saturated rings. The first kappa shape index (κ1) is 29.2. The predicted octanol–water partition coefficient (Wildman–Crippen LogP) is 4.96. The zero-order valence-corrected chi connectivity index (χ0v) is 23.6. The Labute approximate surface area is 243 Å². The first-order valence-electron chi connectivity index (χ1n) is 14.1. The summed E-state index contributed by atoms with van der Waals surface area (Å²) < 4.78 is 33.1. The van der Waals surface area contributed by atoms with E-state index in [1.807, 2.05) is 32.0 Å². The van der Waals surface area contributed by atoms with Gasteiger partial charge in [0.2, 0.25) is 11.8 Å². The van der Waals surface area contributed by atoms with Gasteiger partial charge in [0.1, 0.15) is 24.2 Å². The third kappa shape index (κ3) is 6.60. The molecule has 0 spiro atoms. The zero-order chi connectivity index (χ0) is 29.8. The SMILES string of the molecule is CC(C)[C@H](C(=O)N1CCC(NCc2ccccc2)CC1)N1CC(=O)Nc2ccc(Oc3ccc(F)cc3F)cc2C1=O. The van der Waals surface area contributed by atoms with Gasteiger partial charge in [-0.05, 0) is 54.7 Å². The summed E-state index contributed by atoms with van der Waals surface area (Å²) in [5.74, 6) is -3.13. The molecule has 0 saturated carbocycles. The molecule has 3 aromatic carbocycles. The second kappa shape index (κ2) is 12.7. The molecule has 2 aliphatic rings. The average molecular weight is 577 g/mol. The Kier molecular flexibility index (Phi) is 8.82. The van der Waals surface area contributed by atoms with Crippen LogP contribution in [0.1, 0.15) is 42.6 Å². The molecule has 2 heterocycles. The Hall–Kier alpha value is -4.31. The molecule has 10 heteroatoms. The van der Waals surface area contributed by atoms with Crippen molar-refractivity contribution in [3.8, 4) is 11.5 Å². The maximum atomic E-state index is 14.2. The smallest absolute Gasteiger partial charge is 0.257 e.